The highest BCUT2D eigenvalue weighted by Crippen LogP contribution is 2.39. The molecule has 0 fully saturated rings. The topological polar surface area (TPSA) is 3.24 Å². The van der Waals surface area contributed by atoms with Crippen molar-refractivity contribution in [3.63, 3.8) is 0 Å². The van der Waals surface area contributed by atoms with Gasteiger partial charge in [0.15, 0.2) is 0 Å². The van der Waals surface area contributed by atoms with Crippen molar-refractivity contribution in [1.82, 2.24) is 0 Å². The van der Waals surface area contributed by atoms with Gasteiger partial charge in [-0.2, -0.15) is 0 Å². The maximum absolute atomic E-state index is 2.34. The molecule has 0 radical (unpaired) electrons. The molecule has 1 heteroatoms. The lowest BCUT2D eigenvalue weighted by Crippen LogP contribution is -2.09. The Morgan fingerprint density at radius 3 is 1.68 bits per heavy atom. The number of anilines is 3. The lowest BCUT2D eigenvalue weighted by atomic mass is 9.96. The van der Waals surface area contributed by atoms with E-state index in [4.69, 9.17) is 0 Å². The SMILES string of the molecule is c1ccc(N(c2ccc(-c3ccc4ccccc4c3)cc2)c2ccc3c(ccc4ccc5ccccc5c43)c2)cc1. The van der Waals surface area contributed by atoms with Crippen LogP contribution in [0.2, 0.25) is 0 Å². The van der Waals surface area contributed by atoms with Gasteiger partial charge in [0.05, 0.1) is 0 Å². The molecule has 1 nitrogen and oxygen atoms in total. The monoisotopic (exact) mass is 521 g/mol. The second kappa shape index (κ2) is 9.66. The van der Waals surface area contributed by atoms with Gasteiger partial charge in [0.25, 0.3) is 0 Å². The molecule has 0 saturated heterocycles. The fourth-order valence-electron chi connectivity index (χ4n) is 6.16. The molecule has 0 aliphatic carbocycles. The zero-order valence-electron chi connectivity index (χ0n) is 22.5. The zero-order chi connectivity index (χ0) is 27.2. The predicted octanol–water partition coefficient (Wildman–Crippen LogP) is 11.4. The third-order valence-corrected chi connectivity index (χ3v) is 8.19. The van der Waals surface area contributed by atoms with Gasteiger partial charge in [-0.1, -0.05) is 121 Å². The average molecular weight is 522 g/mol. The predicted molar refractivity (Wildman–Crippen MR) is 177 cm³/mol. The van der Waals surface area contributed by atoms with E-state index in [-0.39, 0.29) is 0 Å². The Kier molecular flexibility index (Phi) is 5.53. The van der Waals surface area contributed by atoms with Crippen molar-refractivity contribution in [1.29, 1.82) is 0 Å². The smallest absolute Gasteiger partial charge is 0.0468 e. The summed E-state index contributed by atoms with van der Waals surface area (Å²) in [5.74, 6) is 0. The molecule has 0 atom stereocenters. The second-order valence-corrected chi connectivity index (χ2v) is 10.6. The summed E-state index contributed by atoms with van der Waals surface area (Å²) in [5, 5.41) is 10.2. The van der Waals surface area contributed by atoms with Crippen molar-refractivity contribution in [2.45, 2.75) is 0 Å². The average Bonchev–Trinajstić information content (AvgIpc) is 3.05. The number of fused-ring (bicyclic) bond motifs is 6. The Bertz CT molecular complexity index is 2190. The first kappa shape index (κ1) is 23.5. The van der Waals surface area contributed by atoms with Crippen molar-refractivity contribution in [3.8, 4) is 11.1 Å². The molecule has 0 unspecified atom stereocenters. The van der Waals surface area contributed by atoms with Crippen LogP contribution < -0.4 is 4.90 Å². The van der Waals surface area contributed by atoms with Crippen LogP contribution >= 0.6 is 0 Å². The Labute approximate surface area is 239 Å². The lowest BCUT2D eigenvalue weighted by Gasteiger charge is -2.26. The van der Waals surface area contributed by atoms with Crippen LogP contribution in [-0.4, -0.2) is 0 Å². The van der Waals surface area contributed by atoms with Crippen LogP contribution in [-0.2, 0) is 0 Å². The number of rotatable bonds is 4. The van der Waals surface area contributed by atoms with Gasteiger partial charge >= 0.3 is 0 Å². The normalized spacial score (nSPS) is 11.4. The summed E-state index contributed by atoms with van der Waals surface area (Å²) >= 11 is 0. The molecule has 8 aromatic rings. The number of hydrogen-bond donors (Lipinski definition) is 0. The van der Waals surface area contributed by atoms with Gasteiger partial charge in [0, 0.05) is 17.1 Å². The summed E-state index contributed by atoms with van der Waals surface area (Å²) < 4.78 is 0. The van der Waals surface area contributed by atoms with Crippen LogP contribution in [0.3, 0.4) is 0 Å². The molecule has 0 heterocycles. The third kappa shape index (κ3) is 4.11. The van der Waals surface area contributed by atoms with Crippen LogP contribution in [0.15, 0.2) is 164 Å². The minimum Gasteiger partial charge on any atom is -0.310 e. The number of hydrogen-bond acceptors (Lipinski definition) is 1. The van der Waals surface area contributed by atoms with Crippen LogP contribution in [0.5, 0.6) is 0 Å². The van der Waals surface area contributed by atoms with E-state index < -0.39 is 0 Å². The zero-order valence-corrected chi connectivity index (χ0v) is 22.5. The maximum atomic E-state index is 2.34. The van der Waals surface area contributed by atoms with E-state index in [1.807, 2.05) is 0 Å². The van der Waals surface area contributed by atoms with Gasteiger partial charge in [-0.15, -0.1) is 0 Å². The first-order chi connectivity index (χ1) is 20.3. The molecule has 0 saturated carbocycles. The van der Waals surface area contributed by atoms with Crippen LogP contribution in [0, 0.1) is 0 Å². The summed E-state index contributed by atoms with van der Waals surface area (Å²) in [6.45, 7) is 0. The molecule has 0 aromatic heterocycles. The summed E-state index contributed by atoms with van der Waals surface area (Å²) in [5.41, 5.74) is 5.85. The quantitative estimate of drug-likeness (QED) is 0.208. The van der Waals surface area contributed by atoms with E-state index in [9.17, 15) is 0 Å². The van der Waals surface area contributed by atoms with Crippen LogP contribution in [0.25, 0.3) is 54.2 Å². The van der Waals surface area contributed by atoms with E-state index >= 15 is 0 Å². The Hall–Kier alpha value is -5.40. The molecule has 8 aromatic carbocycles. The van der Waals surface area contributed by atoms with Crippen LogP contribution in [0.4, 0.5) is 17.1 Å². The van der Waals surface area contributed by atoms with Crippen molar-refractivity contribution in [2.75, 3.05) is 4.90 Å². The first-order valence-electron chi connectivity index (χ1n) is 14.1. The molecule has 0 bridgehead atoms. The van der Waals surface area contributed by atoms with E-state index in [1.165, 1.54) is 54.2 Å². The van der Waals surface area contributed by atoms with E-state index in [2.05, 4.69) is 169 Å². The molecule has 0 N–H and O–H groups in total. The standard InChI is InChI=1S/C40H27N/c1-2-11-35(12-3-1)41(36-22-20-29(21-23-36)33-18-14-28-8-4-5-10-32(28)26-33)37-24-25-39-34(27-37)19-17-31-16-15-30-9-6-7-13-38(30)40(31)39/h1-27H. The largest absolute Gasteiger partial charge is 0.310 e. The summed E-state index contributed by atoms with van der Waals surface area (Å²) in [4.78, 5) is 2.34. The third-order valence-electron chi connectivity index (χ3n) is 8.19. The van der Waals surface area contributed by atoms with E-state index in [0.29, 0.717) is 0 Å². The first-order valence-corrected chi connectivity index (χ1v) is 14.1. The number of nitrogens with zero attached hydrogens (tertiary/aromatic N) is 1. The molecule has 0 aliphatic rings. The highest BCUT2D eigenvalue weighted by Gasteiger charge is 2.14. The summed E-state index contributed by atoms with van der Waals surface area (Å²) in [7, 11) is 0. The van der Waals surface area contributed by atoms with Crippen LogP contribution in [0.1, 0.15) is 0 Å². The number of para-hydroxylation sites is 1. The molecular weight excluding hydrogens is 494 g/mol. The van der Waals surface area contributed by atoms with Crippen molar-refractivity contribution >= 4 is 60.2 Å². The molecular formula is C40H27N. The second-order valence-electron chi connectivity index (χ2n) is 10.6. The minimum atomic E-state index is 1.13. The molecule has 192 valence electrons. The van der Waals surface area contributed by atoms with Crippen molar-refractivity contribution in [2.24, 2.45) is 0 Å². The molecule has 41 heavy (non-hydrogen) atoms. The van der Waals surface area contributed by atoms with Gasteiger partial charge in [0.1, 0.15) is 0 Å². The highest BCUT2D eigenvalue weighted by molar-refractivity contribution is 6.20. The van der Waals surface area contributed by atoms with E-state index in [0.717, 1.165) is 17.1 Å². The van der Waals surface area contributed by atoms with E-state index in [1.54, 1.807) is 0 Å². The molecule has 8 rings (SSSR count). The molecule has 0 amide bonds. The maximum Gasteiger partial charge on any atom is 0.0468 e. The van der Waals surface area contributed by atoms with Crippen molar-refractivity contribution in [3.05, 3.63) is 164 Å². The minimum absolute atomic E-state index is 1.13. The van der Waals surface area contributed by atoms with Crippen molar-refractivity contribution < 1.29 is 0 Å². The molecule has 0 spiro atoms. The number of benzene rings is 8. The fourth-order valence-corrected chi connectivity index (χ4v) is 6.16. The van der Waals surface area contributed by atoms with Gasteiger partial charge < -0.3 is 4.90 Å². The molecule has 0 aliphatic heterocycles. The highest BCUT2D eigenvalue weighted by atomic mass is 15.1. The summed E-state index contributed by atoms with van der Waals surface area (Å²) in [6, 6.07) is 59.3. The fraction of sp³-hybridized carbons (Fsp3) is 0. The Morgan fingerprint density at radius 1 is 0.293 bits per heavy atom. The van der Waals surface area contributed by atoms with Gasteiger partial charge in [-0.05, 0) is 96.7 Å². The van der Waals surface area contributed by atoms with Gasteiger partial charge in [-0.3, -0.25) is 0 Å². The Balaban J connectivity index is 1.25. The summed E-state index contributed by atoms with van der Waals surface area (Å²) in [6.07, 6.45) is 0. The Morgan fingerprint density at radius 2 is 0.854 bits per heavy atom. The van der Waals surface area contributed by atoms with Gasteiger partial charge in [0.2, 0.25) is 0 Å². The lowest BCUT2D eigenvalue weighted by molar-refractivity contribution is 1.29. The van der Waals surface area contributed by atoms with Gasteiger partial charge in [-0.25, -0.2) is 0 Å².